The van der Waals surface area contributed by atoms with Crippen molar-refractivity contribution in [2.45, 2.75) is 56.5 Å². The molecule has 12 heteroatoms. The number of anilines is 2. The second-order valence-corrected chi connectivity index (χ2v) is 11.6. The highest BCUT2D eigenvalue weighted by atomic mass is 19.1. The van der Waals surface area contributed by atoms with Gasteiger partial charge in [-0.25, -0.2) is 14.4 Å². The van der Waals surface area contributed by atoms with Crippen LogP contribution in [0.25, 0.3) is 11.4 Å². The lowest BCUT2D eigenvalue weighted by atomic mass is 9.88. The van der Waals surface area contributed by atoms with Gasteiger partial charge in [0, 0.05) is 24.2 Å². The lowest BCUT2D eigenvalue weighted by Crippen LogP contribution is -2.51. The minimum Gasteiger partial charge on any atom is -0.486 e. The van der Waals surface area contributed by atoms with E-state index in [0.717, 1.165) is 44.8 Å². The molecule has 0 bridgehead atoms. The number of aliphatic hydroxyl groups is 1. The number of nitriles is 1. The summed E-state index contributed by atoms with van der Waals surface area (Å²) in [5.41, 5.74) is 3.00. The largest absolute Gasteiger partial charge is 0.486 e. The molecular formula is C32H36FN7O4. The van der Waals surface area contributed by atoms with E-state index in [9.17, 15) is 19.6 Å². The molecule has 0 radical (unpaired) electrons. The fourth-order valence-corrected chi connectivity index (χ4v) is 6.00. The van der Waals surface area contributed by atoms with Crippen molar-refractivity contribution in [1.82, 2.24) is 24.8 Å². The van der Waals surface area contributed by atoms with E-state index in [-0.39, 0.29) is 30.8 Å². The molecule has 0 spiro atoms. The van der Waals surface area contributed by atoms with E-state index in [1.165, 1.54) is 23.7 Å². The smallest absolute Gasteiger partial charge is 0.251 e. The molecule has 2 aromatic carbocycles. The average Bonchev–Trinajstić information content (AvgIpc) is 3.02. The van der Waals surface area contributed by atoms with Crippen LogP contribution in [0.1, 0.15) is 43.2 Å². The molecule has 3 aromatic rings. The van der Waals surface area contributed by atoms with Gasteiger partial charge in [0.05, 0.1) is 31.4 Å². The highest BCUT2D eigenvalue weighted by molar-refractivity contribution is 5.80. The number of aliphatic hydroxyl groups excluding tert-OH is 1. The predicted molar refractivity (Wildman–Crippen MR) is 160 cm³/mol. The lowest BCUT2D eigenvalue weighted by Gasteiger charge is -2.41. The molecule has 3 fully saturated rings. The van der Waals surface area contributed by atoms with Crippen LogP contribution in [0.2, 0.25) is 0 Å². The molecule has 3 aliphatic rings. The van der Waals surface area contributed by atoms with Crippen LogP contribution in [0.3, 0.4) is 0 Å². The van der Waals surface area contributed by atoms with E-state index >= 15 is 0 Å². The van der Waals surface area contributed by atoms with Crippen molar-refractivity contribution in [3.63, 3.8) is 0 Å². The molecule has 1 amide bonds. The predicted octanol–water partition coefficient (Wildman–Crippen LogP) is 3.43. The Balaban J connectivity index is 1.07. The molecule has 4 heterocycles. The summed E-state index contributed by atoms with van der Waals surface area (Å²) in [4.78, 5) is 28.9. The molecule has 230 valence electrons. The van der Waals surface area contributed by atoms with Gasteiger partial charge in [0.25, 0.3) is 5.91 Å². The van der Waals surface area contributed by atoms with Crippen molar-refractivity contribution >= 4 is 17.5 Å². The van der Waals surface area contributed by atoms with Crippen LogP contribution in [0.5, 0.6) is 5.75 Å². The van der Waals surface area contributed by atoms with Crippen molar-refractivity contribution in [2.24, 2.45) is 0 Å². The molecule has 1 aromatic heterocycles. The maximum Gasteiger partial charge on any atom is 0.251 e. The highest BCUT2D eigenvalue weighted by Gasteiger charge is 2.34. The second kappa shape index (κ2) is 13.2. The number of hydrogen-bond donors (Lipinski definition) is 2. The molecule has 6 rings (SSSR count). The zero-order chi connectivity index (χ0) is 30.6. The van der Waals surface area contributed by atoms with E-state index in [1.54, 1.807) is 18.2 Å². The van der Waals surface area contributed by atoms with Crippen LogP contribution in [-0.2, 0) is 9.53 Å². The second-order valence-electron chi connectivity index (χ2n) is 11.6. The first kappa shape index (κ1) is 29.9. The molecule has 3 aliphatic heterocycles. The molecule has 1 unspecified atom stereocenters. The lowest BCUT2D eigenvalue weighted by molar-refractivity contribution is -0.143. The van der Waals surface area contributed by atoms with Crippen LogP contribution in [-0.4, -0.2) is 99.6 Å². The normalized spacial score (nSPS) is 22.1. The average molecular weight is 602 g/mol. The van der Waals surface area contributed by atoms with Crippen LogP contribution in [0.15, 0.2) is 48.8 Å². The molecule has 44 heavy (non-hydrogen) atoms. The number of halogens is 1. The third-order valence-electron chi connectivity index (χ3n) is 8.66. The Bertz CT molecular complexity index is 1500. The van der Waals surface area contributed by atoms with Gasteiger partial charge in [-0.2, -0.15) is 10.2 Å². The summed E-state index contributed by atoms with van der Waals surface area (Å²) in [5.74, 6) is 1.03. The number of benzene rings is 2. The van der Waals surface area contributed by atoms with Crippen LogP contribution < -0.4 is 10.1 Å². The molecule has 0 aliphatic carbocycles. The number of carbonyl (C=O) groups is 1. The van der Waals surface area contributed by atoms with Gasteiger partial charge in [0.2, 0.25) is 5.95 Å². The first-order chi connectivity index (χ1) is 21.4. The quantitative estimate of drug-likeness (QED) is 0.395. The Hall–Kier alpha value is -4.18. The molecule has 11 nitrogen and oxygen atoms in total. The first-order valence-electron chi connectivity index (χ1n) is 15.1. The molecule has 0 saturated carbocycles. The van der Waals surface area contributed by atoms with Crippen molar-refractivity contribution in [3.05, 3.63) is 59.9 Å². The summed E-state index contributed by atoms with van der Waals surface area (Å²) < 4.78 is 26.1. The number of piperidine rings is 2. The van der Waals surface area contributed by atoms with Gasteiger partial charge in [-0.15, -0.1) is 0 Å². The van der Waals surface area contributed by atoms with E-state index in [1.807, 2.05) is 12.1 Å². The van der Waals surface area contributed by atoms with E-state index < -0.39 is 24.3 Å². The minimum atomic E-state index is -1.45. The molecule has 3 saturated heterocycles. The number of rotatable bonds is 8. The summed E-state index contributed by atoms with van der Waals surface area (Å²) >= 11 is 0. The van der Waals surface area contributed by atoms with E-state index in [0.29, 0.717) is 29.3 Å². The summed E-state index contributed by atoms with van der Waals surface area (Å²) in [6, 6.07) is 16.0. The van der Waals surface area contributed by atoms with Crippen LogP contribution in [0, 0.1) is 11.3 Å². The Kier molecular flexibility index (Phi) is 8.97. The molecule has 2 N–H and O–H groups in total. The van der Waals surface area contributed by atoms with Gasteiger partial charge in [0.15, 0.2) is 12.0 Å². The summed E-state index contributed by atoms with van der Waals surface area (Å²) in [6.07, 6.45) is 0.484. The highest BCUT2D eigenvalue weighted by Crippen LogP contribution is 2.32. The number of carbonyl (C=O) groups excluding carboxylic acids is 1. The van der Waals surface area contributed by atoms with Crippen LogP contribution in [0.4, 0.5) is 16.0 Å². The van der Waals surface area contributed by atoms with E-state index in [2.05, 4.69) is 43.4 Å². The third-order valence-corrected chi connectivity index (χ3v) is 8.66. The van der Waals surface area contributed by atoms with Gasteiger partial charge >= 0.3 is 0 Å². The number of nitrogens with zero attached hydrogens (tertiary/aromatic N) is 6. The number of alkyl halides is 1. The molecule has 3 atom stereocenters. The van der Waals surface area contributed by atoms with Gasteiger partial charge in [-0.1, -0.05) is 12.1 Å². The SMILES string of the molecule is CC(O)C(=O)N1CC[C@H](Oc2ccc(-c3ncnc(Nc4ccc(C5CCN(C6COC6)CC5)cc4)n3)cc2C#N)[C@H](F)C1. The number of likely N-dealkylation sites (tertiary alicyclic amines) is 2. The third kappa shape index (κ3) is 6.65. The van der Waals surface area contributed by atoms with Crippen molar-refractivity contribution in [1.29, 1.82) is 5.26 Å². The zero-order valence-electron chi connectivity index (χ0n) is 24.6. The van der Waals surface area contributed by atoms with Gasteiger partial charge < -0.3 is 24.8 Å². The Morgan fingerprint density at radius 3 is 2.57 bits per heavy atom. The van der Waals surface area contributed by atoms with Crippen LogP contribution >= 0.6 is 0 Å². The van der Waals surface area contributed by atoms with Crippen molar-refractivity contribution < 1.29 is 23.8 Å². The Labute approximate surface area is 255 Å². The summed E-state index contributed by atoms with van der Waals surface area (Å²) in [6.45, 7) is 5.38. The fourth-order valence-electron chi connectivity index (χ4n) is 6.00. The fraction of sp³-hybridized carbons (Fsp3) is 0.469. The number of aromatic nitrogens is 3. The summed E-state index contributed by atoms with van der Waals surface area (Å²) in [5, 5.41) is 22.6. The number of amides is 1. The minimum absolute atomic E-state index is 0.173. The van der Waals surface area contributed by atoms with Crippen molar-refractivity contribution in [3.8, 4) is 23.2 Å². The number of nitrogens with one attached hydrogen (secondary N) is 1. The Morgan fingerprint density at radius 2 is 1.91 bits per heavy atom. The van der Waals surface area contributed by atoms with Gasteiger partial charge in [-0.3, -0.25) is 9.69 Å². The van der Waals surface area contributed by atoms with Gasteiger partial charge in [-0.05, 0) is 74.7 Å². The van der Waals surface area contributed by atoms with Crippen molar-refractivity contribution in [2.75, 3.05) is 44.7 Å². The maximum atomic E-state index is 14.9. The number of hydrogen-bond acceptors (Lipinski definition) is 10. The molecular weight excluding hydrogens is 565 g/mol. The topological polar surface area (TPSA) is 137 Å². The standard InChI is InChI=1S/C32H36FN7O4/c1-20(41)31(42)40-13-10-29(27(33)16-40)44-28-7-4-23(14-24(28)15-34)30-35-19-36-32(38-30)37-25-5-2-21(3-6-25)22-8-11-39(12-9-22)26-17-43-18-26/h2-7,14,19-20,22,26-27,29,41H,8-13,16-18H2,1H3,(H,35,36,37,38)/t20?,27-,29+/m1/s1. The summed E-state index contributed by atoms with van der Waals surface area (Å²) in [7, 11) is 0. The first-order valence-corrected chi connectivity index (χ1v) is 15.1. The van der Waals surface area contributed by atoms with E-state index in [4.69, 9.17) is 9.47 Å². The maximum absolute atomic E-state index is 14.9. The Morgan fingerprint density at radius 1 is 1.14 bits per heavy atom. The zero-order valence-corrected chi connectivity index (χ0v) is 24.6. The monoisotopic (exact) mass is 601 g/mol. The number of ether oxygens (including phenoxy) is 2. The van der Waals surface area contributed by atoms with Gasteiger partial charge in [0.1, 0.15) is 30.4 Å².